The molecular weight excluding hydrogens is 320 g/mol. The summed E-state index contributed by atoms with van der Waals surface area (Å²) >= 11 is 0. The van der Waals surface area contributed by atoms with Crippen molar-refractivity contribution in [3.05, 3.63) is 54.6 Å². The molecule has 0 bridgehead atoms. The monoisotopic (exact) mass is 340 g/mol. The molecule has 130 valence electrons. The smallest absolute Gasteiger partial charge is 0.320 e. The lowest BCUT2D eigenvalue weighted by Crippen LogP contribution is -2.40. The van der Waals surface area contributed by atoms with Gasteiger partial charge in [0.2, 0.25) is 5.91 Å². The van der Waals surface area contributed by atoms with Gasteiger partial charge in [0, 0.05) is 5.69 Å². The van der Waals surface area contributed by atoms with Crippen LogP contribution in [0.25, 0.3) is 0 Å². The van der Waals surface area contributed by atoms with E-state index in [0.29, 0.717) is 24.4 Å². The zero-order valence-corrected chi connectivity index (χ0v) is 13.7. The van der Waals surface area contributed by atoms with Crippen LogP contribution in [0.2, 0.25) is 0 Å². The van der Waals surface area contributed by atoms with Crippen LogP contribution in [0.3, 0.4) is 0 Å². The molecule has 2 aromatic carbocycles. The highest BCUT2D eigenvalue weighted by Crippen LogP contribution is 2.23. The van der Waals surface area contributed by atoms with E-state index in [2.05, 4.69) is 5.32 Å². The van der Waals surface area contributed by atoms with Crippen LogP contribution < -0.4 is 10.1 Å². The number of likely N-dealkylation sites (tertiary alicyclic amines) is 1. The molecule has 3 rings (SSSR count). The Morgan fingerprint density at radius 3 is 2.44 bits per heavy atom. The van der Waals surface area contributed by atoms with Crippen molar-refractivity contribution < 1.29 is 19.4 Å². The maximum absolute atomic E-state index is 12.1. The van der Waals surface area contributed by atoms with Crippen LogP contribution in [0.15, 0.2) is 54.6 Å². The lowest BCUT2D eigenvalue weighted by atomic mass is 10.2. The summed E-state index contributed by atoms with van der Waals surface area (Å²) in [6.45, 7) is 0.716. The first-order valence-corrected chi connectivity index (χ1v) is 8.21. The number of carboxylic acid groups (broad SMARTS) is 1. The fourth-order valence-electron chi connectivity index (χ4n) is 2.91. The molecule has 1 atom stereocenters. The highest BCUT2D eigenvalue weighted by atomic mass is 16.5. The molecule has 2 N–H and O–H groups in total. The van der Waals surface area contributed by atoms with Gasteiger partial charge < -0.3 is 15.2 Å². The number of para-hydroxylation sites is 1. The highest BCUT2D eigenvalue weighted by Gasteiger charge is 2.31. The summed E-state index contributed by atoms with van der Waals surface area (Å²) in [4.78, 5) is 25.0. The fraction of sp³-hybridized carbons (Fsp3) is 0.263. The van der Waals surface area contributed by atoms with Crippen molar-refractivity contribution >= 4 is 17.6 Å². The van der Waals surface area contributed by atoms with E-state index in [9.17, 15) is 9.59 Å². The zero-order valence-electron chi connectivity index (χ0n) is 13.7. The Balaban J connectivity index is 1.54. The fourth-order valence-corrected chi connectivity index (χ4v) is 2.91. The first-order chi connectivity index (χ1) is 12.1. The van der Waals surface area contributed by atoms with Crippen molar-refractivity contribution in [2.24, 2.45) is 0 Å². The molecule has 1 amide bonds. The number of hydrogen-bond donors (Lipinski definition) is 2. The normalized spacial score (nSPS) is 17.2. The second-order valence-corrected chi connectivity index (χ2v) is 5.95. The molecule has 0 unspecified atom stereocenters. The molecule has 1 heterocycles. The molecule has 0 saturated carbocycles. The van der Waals surface area contributed by atoms with E-state index in [4.69, 9.17) is 9.84 Å². The zero-order chi connectivity index (χ0) is 17.6. The SMILES string of the molecule is O=C(CN1CCC[C@H]1C(=O)O)Nc1ccc(Oc2ccccc2)cc1. The van der Waals surface area contributed by atoms with E-state index in [-0.39, 0.29) is 12.5 Å². The van der Waals surface area contributed by atoms with Gasteiger partial charge in [-0.15, -0.1) is 0 Å². The van der Waals surface area contributed by atoms with Crippen LogP contribution in [-0.2, 0) is 9.59 Å². The van der Waals surface area contributed by atoms with E-state index in [1.54, 1.807) is 29.2 Å². The maximum atomic E-state index is 12.1. The topological polar surface area (TPSA) is 78.9 Å². The number of amides is 1. The average Bonchev–Trinajstić information content (AvgIpc) is 3.06. The van der Waals surface area contributed by atoms with Crippen LogP contribution >= 0.6 is 0 Å². The second-order valence-electron chi connectivity index (χ2n) is 5.95. The Hall–Kier alpha value is -2.86. The van der Waals surface area contributed by atoms with E-state index in [1.807, 2.05) is 30.3 Å². The van der Waals surface area contributed by atoms with Gasteiger partial charge in [0.1, 0.15) is 17.5 Å². The van der Waals surface area contributed by atoms with Crippen LogP contribution in [0.1, 0.15) is 12.8 Å². The van der Waals surface area contributed by atoms with Gasteiger partial charge in [0.25, 0.3) is 0 Å². The maximum Gasteiger partial charge on any atom is 0.320 e. The van der Waals surface area contributed by atoms with Crippen LogP contribution in [0.4, 0.5) is 5.69 Å². The first kappa shape index (κ1) is 17.0. The van der Waals surface area contributed by atoms with Gasteiger partial charge in [-0.2, -0.15) is 0 Å². The quantitative estimate of drug-likeness (QED) is 0.845. The number of carboxylic acids is 1. The van der Waals surface area contributed by atoms with Gasteiger partial charge in [-0.1, -0.05) is 18.2 Å². The van der Waals surface area contributed by atoms with Crippen molar-refractivity contribution in [1.29, 1.82) is 0 Å². The van der Waals surface area contributed by atoms with Gasteiger partial charge in [0.15, 0.2) is 0 Å². The van der Waals surface area contributed by atoms with Crippen molar-refractivity contribution in [2.45, 2.75) is 18.9 Å². The van der Waals surface area contributed by atoms with E-state index >= 15 is 0 Å². The number of carbonyl (C=O) groups excluding carboxylic acids is 1. The molecule has 6 heteroatoms. The van der Waals surface area contributed by atoms with Gasteiger partial charge in [-0.05, 0) is 55.8 Å². The van der Waals surface area contributed by atoms with E-state index in [0.717, 1.165) is 12.2 Å². The lowest BCUT2D eigenvalue weighted by Gasteiger charge is -2.20. The number of rotatable bonds is 6. The van der Waals surface area contributed by atoms with Gasteiger partial charge >= 0.3 is 5.97 Å². The number of nitrogens with zero attached hydrogens (tertiary/aromatic N) is 1. The summed E-state index contributed by atoms with van der Waals surface area (Å²) in [6, 6.07) is 15.9. The molecule has 0 spiro atoms. The van der Waals surface area contributed by atoms with Gasteiger partial charge in [0.05, 0.1) is 6.54 Å². The molecule has 1 aliphatic rings. The number of benzene rings is 2. The summed E-state index contributed by atoms with van der Waals surface area (Å²) in [5.74, 6) is 0.334. The average molecular weight is 340 g/mol. The molecule has 1 aliphatic heterocycles. The summed E-state index contributed by atoms with van der Waals surface area (Å²) in [5.41, 5.74) is 0.650. The number of anilines is 1. The van der Waals surface area contributed by atoms with Crippen LogP contribution in [0.5, 0.6) is 11.5 Å². The molecule has 25 heavy (non-hydrogen) atoms. The number of ether oxygens (including phenoxy) is 1. The minimum absolute atomic E-state index is 0.0826. The van der Waals surface area contributed by atoms with Crippen molar-refractivity contribution in [1.82, 2.24) is 4.90 Å². The third kappa shape index (κ3) is 4.58. The number of aliphatic carboxylic acids is 1. The van der Waals surface area contributed by atoms with Gasteiger partial charge in [-0.25, -0.2) is 0 Å². The minimum atomic E-state index is -0.868. The Labute approximate surface area is 146 Å². The van der Waals surface area contributed by atoms with Crippen molar-refractivity contribution in [3.63, 3.8) is 0 Å². The molecule has 6 nitrogen and oxygen atoms in total. The first-order valence-electron chi connectivity index (χ1n) is 8.21. The van der Waals surface area contributed by atoms with Crippen LogP contribution in [0, 0.1) is 0 Å². The molecule has 1 fully saturated rings. The molecule has 0 radical (unpaired) electrons. The summed E-state index contributed by atoms with van der Waals surface area (Å²) in [6.07, 6.45) is 1.39. The number of carbonyl (C=O) groups is 2. The predicted molar refractivity (Wildman–Crippen MR) is 93.8 cm³/mol. The van der Waals surface area contributed by atoms with Crippen LogP contribution in [-0.4, -0.2) is 41.0 Å². The van der Waals surface area contributed by atoms with E-state index < -0.39 is 12.0 Å². The predicted octanol–water partition coefficient (Wildman–Crippen LogP) is 2.97. The molecule has 0 aromatic heterocycles. The summed E-state index contributed by atoms with van der Waals surface area (Å²) in [7, 11) is 0. The summed E-state index contributed by atoms with van der Waals surface area (Å²) < 4.78 is 5.70. The third-order valence-corrected chi connectivity index (χ3v) is 4.11. The summed E-state index contributed by atoms with van der Waals surface area (Å²) in [5, 5.41) is 11.9. The Morgan fingerprint density at radius 1 is 1.08 bits per heavy atom. The molecule has 2 aromatic rings. The Kier molecular flexibility index (Phi) is 5.30. The molecule has 0 aliphatic carbocycles. The standard InChI is InChI=1S/C19H20N2O4/c22-18(13-21-12-4-7-17(21)19(23)24)20-14-8-10-16(11-9-14)25-15-5-2-1-3-6-15/h1-3,5-6,8-11,17H,4,7,12-13H2,(H,20,22)(H,23,24)/t17-/m0/s1. The lowest BCUT2D eigenvalue weighted by molar-refractivity contribution is -0.142. The Bertz CT molecular complexity index is 731. The Morgan fingerprint density at radius 2 is 1.76 bits per heavy atom. The highest BCUT2D eigenvalue weighted by molar-refractivity contribution is 5.92. The van der Waals surface area contributed by atoms with E-state index in [1.165, 1.54) is 0 Å². The largest absolute Gasteiger partial charge is 0.480 e. The van der Waals surface area contributed by atoms with Crippen molar-refractivity contribution in [2.75, 3.05) is 18.4 Å². The molecular formula is C19H20N2O4. The second kappa shape index (κ2) is 7.81. The number of nitrogens with one attached hydrogen (secondary N) is 1. The number of hydrogen-bond acceptors (Lipinski definition) is 4. The van der Waals surface area contributed by atoms with Gasteiger partial charge in [-0.3, -0.25) is 14.5 Å². The minimum Gasteiger partial charge on any atom is -0.480 e. The third-order valence-electron chi connectivity index (χ3n) is 4.11. The molecule has 1 saturated heterocycles. The van der Waals surface area contributed by atoms with Crippen molar-refractivity contribution in [3.8, 4) is 11.5 Å².